The first-order valence-electron chi connectivity index (χ1n) is 6.10. The molecule has 0 spiro atoms. The van der Waals surface area contributed by atoms with Crippen molar-refractivity contribution in [1.82, 2.24) is 5.43 Å². The Labute approximate surface area is 107 Å². The number of rotatable bonds is 4. The Balaban J connectivity index is 2.12. The highest BCUT2D eigenvalue weighted by Gasteiger charge is 2.15. The highest BCUT2D eigenvalue weighted by molar-refractivity contribution is 5.44. The summed E-state index contributed by atoms with van der Waals surface area (Å²) in [4.78, 5) is 0. The zero-order valence-electron chi connectivity index (χ0n) is 10.5. The molecule has 0 amide bonds. The summed E-state index contributed by atoms with van der Waals surface area (Å²) >= 11 is 0. The van der Waals surface area contributed by atoms with Crippen LogP contribution >= 0.6 is 0 Å². The molecular formula is C14H18N2O2. The zero-order valence-corrected chi connectivity index (χ0v) is 10.5. The monoisotopic (exact) mass is 246 g/mol. The Bertz CT molecular complexity index is 463. The van der Waals surface area contributed by atoms with Crippen LogP contribution in [0.3, 0.4) is 0 Å². The molecule has 1 unspecified atom stereocenters. The molecule has 96 valence electrons. The number of hydrogen-bond acceptors (Lipinski definition) is 4. The van der Waals surface area contributed by atoms with Crippen LogP contribution in [0.25, 0.3) is 0 Å². The third-order valence-electron chi connectivity index (χ3n) is 2.90. The molecule has 3 N–H and O–H groups in total. The highest BCUT2D eigenvalue weighted by Crippen LogP contribution is 2.33. The van der Waals surface area contributed by atoms with E-state index >= 15 is 0 Å². The number of fused-ring (bicyclic) bond motifs is 1. The summed E-state index contributed by atoms with van der Waals surface area (Å²) in [6.45, 7) is 3.05. The maximum atomic E-state index is 5.59. The van der Waals surface area contributed by atoms with Crippen molar-refractivity contribution in [3.8, 4) is 23.3 Å². The third-order valence-corrected chi connectivity index (χ3v) is 2.90. The second kappa shape index (κ2) is 6.29. The van der Waals surface area contributed by atoms with Gasteiger partial charge in [-0.2, -0.15) is 0 Å². The number of hydrogen-bond donors (Lipinski definition) is 2. The summed E-state index contributed by atoms with van der Waals surface area (Å²) in [5.41, 5.74) is 3.92. The second-order valence-corrected chi connectivity index (χ2v) is 4.09. The van der Waals surface area contributed by atoms with Gasteiger partial charge >= 0.3 is 0 Å². The van der Waals surface area contributed by atoms with Crippen LogP contribution in [0.1, 0.15) is 31.4 Å². The fraction of sp³-hybridized carbons (Fsp3) is 0.429. The van der Waals surface area contributed by atoms with Crippen LogP contribution < -0.4 is 20.7 Å². The Morgan fingerprint density at radius 1 is 1.33 bits per heavy atom. The van der Waals surface area contributed by atoms with Crippen molar-refractivity contribution in [3.05, 3.63) is 23.8 Å². The molecule has 1 heterocycles. The molecule has 1 atom stereocenters. The fourth-order valence-electron chi connectivity index (χ4n) is 1.96. The van der Waals surface area contributed by atoms with Crippen molar-refractivity contribution in [2.45, 2.75) is 25.8 Å². The lowest BCUT2D eigenvalue weighted by Crippen LogP contribution is -2.28. The molecule has 2 rings (SSSR count). The van der Waals surface area contributed by atoms with E-state index in [-0.39, 0.29) is 6.04 Å². The second-order valence-electron chi connectivity index (χ2n) is 4.09. The zero-order chi connectivity index (χ0) is 12.8. The molecule has 0 bridgehead atoms. The average Bonchev–Trinajstić information content (AvgIpc) is 2.43. The summed E-state index contributed by atoms with van der Waals surface area (Å²) in [5.74, 6) is 13.1. The van der Waals surface area contributed by atoms with Crippen LogP contribution in [-0.2, 0) is 0 Å². The van der Waals surface area contributed by atoms with E-state index in [0.717, 1.165) is 29.9 Å². The smallest absolute Gasteiger partial charge is 0.161 e. The molecule has 0 radical (unpaired) electrons. The molecule has 4 nitrogen and oxygen atoms in total. The summed E-state index contributed by atoms with van der Waals surface area (Å²) in [6, 6.07) is 6.01. The maximum absolute atomic E-state index is 5.59. The van der Waals surface area contributed by atoms with Gasteiger partial charge in [0.05, 0.1) is 0 Å². The summed E-state index contributed by atoms with van der Waals surface area (Å²) in [5, 5.41) is 0. The molecule has 18 heavy (non-hydrogen) atoms. The van der Waals surface area contributed by atoms with Crippen LogP contribution in [-0.4, -0.2) is 13.2 Å². The van der Waals surface area contributed by atoms with Gasteiger partial charge in [0.25, 0.3) is 0 Å². The number of nitrogens with one attached hydrogen (secondary N) is 1. The van der Waals surface area contributed by atoms with Crippen molar-refractivity contribution in [3.63, 3.8) is 0 Å². The van der Waals surface area contributed by atoms with Crippen LogP contribution in [0.2, 0.25) is 0 Å². The van der Waals surface area contributed by atoms with E-state index in [1.807, 2.05) is 25.1 Å². The molecule has 0 aromatic heterocycles. The summed E-state index contributed by atoms with van der Waals surface area (Å²) in [7, 11) is 0. The topological polar surface area (TPSA) is 56.5 Å². The first kappa shape index (κ1) is 12.7. The van der Waals surface area contributed by atoms with Gasteiger partial charge in [0, 0.05) is 12.5 Å². The van der Waals surface area contributed by atoms with E-state index in [9.17, 15) is 0 Å². The standard InChI is InChI=1S/C14H18N2O2/c1-2-3-4-5-12(16-15)11-6-7-13-14(10-11)18-9-8-17-13/h6-7,10,12,16H,4-5,8-9,15H2,1H3. The average molecular weight is 246 g/mol. The molecule has 0 saturated heterocycles. The van der Waals surface area contributed by atoms with Gasteiger partial charge in [-0.15, -0.1) is 11.8 Å². The number of ether oxygens (including phenoxy) is 2. The SMILES string of the molecule is CC#CCCC(NN)c1ccc2c(c1)OCCO2. The predicted octanol–water partition coefficient (Wildman–Crippen LogP) is 1.77. The Morgan fingerprint density at radius 2 is 2.11 bits per heavy atom. The van der Waals surface area contributed by atoms with Crippen molar-refractivity contribution < 1.29 is 9.47 Å². The van der Waals surface area contributed by atoms with E-state index in [0.29, 0.717) is 13.2 Å². The molecule has 1 aromatic rings. The van der Waals surface area contributed by atoms with Crippen LogP contribution in [0.15, 0.2) is 18.2 Å². The normalized spacial score (nSPS) is 14.6. The Kier molecular flexibility index (Phi) is 4.46. The molecule has 0 saturated carbocycles. The molecule has 1 aliphatic rings. The van der Waals surface area contributed by atoms with Crippen molar-refractivity contribution >= 4 is 0 Å². The number of hydrazine groups is 1. The minimum absolute atomic E-state index is 0.0849. The summed E-state index contributed by atoms with van der Waals surface area (Å²) in [6.07, 6.45) is 1.69. The maximum Gasteiger partial charge on any atom is 0.161 e. The van der Waals surface area contributed by atoms with Gasteiger partial charge in [-0.05, 0) is 31.0 Å². The van der Waals surface area contributed by atoms with E-state index in [1.165, 1.54) is 0 Å². The van der Waals surface area contributed by atoms with Gasteiger partial charge in [-0.1, -0.05) is 6.07 Å². The Morgan fingerprint density at radius 3 is 2.83 bits per heavy atom. The lowest BCUT2D eigenvalue weighted by atomic mass is 10.0. The van der Waals surface area contributed by atoms with Gasteiger partial charge in [-0.25, -0.2) is 0 Å². The third kappa shape index (κ3) is 2.95. The van der Waals surface area contributed by atoms with E-state index in [2.05, 4.69) is 17.3 Å². The van der Waals surface area contributed by atoms with Crippen LogP contribution in [0.5, 0.6) is 11.5 Å². The summed E-state index contributed by atoms with van der Waals surface area (Å²) < 4.78 is 11.1. The van der Waals surface area contributed by atoms with Gasteiger partial charge in [0.15, 0.2) is 11.5 Å². The van der Waals surface area contributed by atoms with E-state index < -0.39 is 0 Å². The first-order valence-corrected chi connectivity index (χ1v) is 6.10. The lowest BCUT2D eigenvalue weighted by Gasteiger charge is -2.21. The van der Waals surface area contributed by atoms with E-state index in [1.54, 1.807) is 0 Å². The van der Waals surface area contributed by atoms with Gasteiger partial charge in [0.2, 0.25) is 0 Å². The fourth-order valence-corrected chi connectivity index (χ4v) is 1.96. The number of nitrogens with two attached hydrogens (primary N) is 1. The van der Waals surface area contributed by atoms with Crippen molar-refractivity contribution in [2.24, 2.45) is 5.84 Å². The molecule has 1 aromatic carbocycles. The van der Waals surface area contributed by atoms with Crippen molar-refractivity contribution in [2.75, 3.05) is 13.2 Å². The largest absolute Gasteiger partial charge is 0.486 e. The highest BCUT2D eigenvalue weighted by atomic mass is 16.6. The molecule has 1 aliphatic heterocycles. The lowest BCUT2D eigenvalue weighted by molar-refractivity contribution is 0.171. The van der Waals surface area contributed by atoms with Crippen molar-refractivity contribution in [1.29, 1.82) is 0 Å². The molecule has 0 aliphatic carbocycles. The van der Waals surface area contributed by atoms with Gasteiger partial charge in [-0.3, -0.25) is 11.3 Å². The predicted molar refractivity (Wildman–Crippen MR) is 70.2 cm³/mol. The van der Waals surface area contributed by atoms with E-state index in [4.69, 9.17) is 15.3 Å². The van der Waals surface area contributed by atoms with Crippen LogP contribution in [0, 0.1) is 11.8 Å². The first-order chi connectivity index (χ1) is 8.85. The quantitative estimate of drug-likeness (QED) is 0.483. The minimum atomic E-state index is 0.0849. The van der Waals surface area contributed by atoms with Gasteiger partial charge < -0.3 is 9.47 Å². The minimum Gasteiger partial charge on any atom is -0.486 e. The van der Waals surface area contributed by atoms with Crippen LogP contribution in [0.4, 0.5) is 0 Å². The number of benzene rings is 1. The molecular weight excluding hydrogens is 228 g/mol. The molecule has 0 fully saturated rings. The van der Waals surface area contributed by atoms with Gasteiger partial charge in [0.1, 0.15) is 13.2 Å². The molecule has 4 heteroatoms. The Hall–Kier alpha value is -1.70.